The smallest absolute Gasteiger partial charge is 0.234 e. The number of methoxy groups -OCH3 is 1. The second-order valence-electron chi connectivity index (χ2n) is 6.74. The lowest BCUT2D eigenvalue weighted by Crippen LogP contribution is -2.51. The average molecular weight is 397 g/mol. The van der Waals surface area contributed by atoms with E-state index in [1.165, 1.54) is 0 Å². The molecule has 0 aliphatic carbocycles. The minimum Gasteiger partial charge on any atom is -0.383 e. The van der Waals surface area contributed by atoms with E-state index in [0.717, 1.165) is 31.7 Å². The normalized spacial score (nSPS) is 16.7. The Hall–Kier alpha value is -1.67. The van der Waals surface area contributed by atoms with Gasteiger partial charge in [0.15, 0.2) is 0 Å². The number of ether oxygens (including phenoxy) is 1. The van der Waals surface area contributed by atoms with Crippen LogP contribution in [0.2, 0.25) is 5.02 Å². The Labute approximate surface area is 166 Å². The number of nitrogens with zero attached hydrogens (tertiary/aromatic N) is 2. The lowest BCUT2D eigenvalue weighted by Gasteiger charge is -2.34. The number of piperazine rings is 1. The molecule has 2 amide bonds. The topological polar surface area (TPSA) is 73.9 Å². The second kappa shape index (κ2) is 11.2. The van der Waals surface area contributed by atoms with Crippen molar-refractivity contribution in [2.24, 2.45) is 0 Å². The minimum absolute atomic E-state index is 0.00626. The molecule has 1 aliphatic rings. The Morgan fingerprint density at radius 2 is 1.78 bits per heavy atom. The Morgan fingerprint density at radius 3 is 2.37 bits per heavy atom. The molecule has 8 heteroatoms. The largest absolute Gasteiger partial charge is 0.383 e. The molecule has 150 valence electrons. The maximum absolute atomic E-state index is 12.3. The van der Waals surface area contributed by atoms with Gasteiger partial charge in [-0.15, -0.1) is 0 Å². The summed E-state index contributed by atoms with van der Waals surface area (Å²) in [6, 6.07) is 7.42. The number of carbonyl (C=O) groups excluding carboxylic acids is 2. The second-order valence-corrected chi connectivity index (χ2v) is 7.18. The monoisotopic (exact) mass is 396 g/mol. The van der Waals surface area contributed by atoms with Crippen molar-refractivity contribution >= 4 is 23.4 Å². The average Bonchev–Trinajstić information content (AvgIpc) is 2.63. The zero-order chi connectivity index (χ0) is 19.6. The molecular weight excluding hydrogens is 368 g/mol. The fraction of sp³-hybridized carbons (Fsp3) is 0.579. The quantitative estimate of drug-likeness (QED) is 0.607. The molecule has 1 unspecified atom stereocenters. The highest BCUT2D eigenvalue weighted by Gasteiger charge is 2.21. The molecule has 27 heavy (non-hydrogen) atoms. The molecule has 0 saturated carbocycles. The van der Waals surface area contributed by atoms with Crippen LogP contribution in [0.4, 0.5) is 0 Å². The molecule has 1 saturated heterocycles. The molecule has 7 nitrogen and oxygen atoms in total. The summed E-state index contributed by atoms with van der Waals surface area (Å²) in [5, 5.41) is 6.50. The van der Waals surface area contributed by atoms with Crippen molar-refractivity contribution in [3.8, 4) is 0 Å². The van der Waals surface area contributed by atoms with Gasteiger partial charge in [-0.3, -0.25) is 19.4 Å². The minimum atomic E-state index is -0.0896. The van der Waals surface area contributed by atoms with Crippen LogP contribution in [0.25, 0.3) is 0 Å². The predicted molar refractivity (Wildman–Crippen MR) is 106 cm³/mol. The van der Waals surface area contributed by atoms with Gasteiger partial charge in [-0.05, 0) is 24.6 Å². The molecule has 1 fully saturated rings. The van der Waals surface area contributed by atoms with Gasteiger partial charge in [-0.25, -0.2) is 0 Å². The van der Waals surface area contributed by atoms with Crippen molar-refractivity contribution in [2.75, 3.05) is 59.5 Å². The first-order valence-corrected chi connectivity index (χ1v) is 9.61. The van der Waals surface area contributed by atoms with E-state index in [-0.39, 0.29) is 17.9 Å². The number of hydrogen-bond donors (Lipinski definition) is 2. The van der Waals surface area contributed by atoms with Crippen molar-refractivity contribution in [3.63, 3.8) is 0 Å². The van der Waals surface area contributed by atoms with Crippen LogP contribution in [0.5, 0.6) is 0 Å². The summed E-state index contributed by atoms with van der Waals surface area (Å²) in [6.45, 7) is 6.82. The van der Waals surface area contributed by atoms with E-state index in [1.54, 1.807) is 7.11 Å². The van der Waals surface area contributed by atoms with Crippen LogP contribution in [0.15, 0.2) is 24.3 Å². The van der Waals surface area contributed by atoms with Crippen molar-refractivity contribution in [1.29, 1.82) is 0 Å². The number of carbonyl (C=O) groups is 2. The molecule has 1 atom stereocenters. The Bertz CT molecular complexity index is 621. The first kappa shape index (κ1) is 21.6. The fourth-order valence-corrected chi connectivity index (χ4v) is 3.21. The highest BCUT2D eigenvalue weighted by Crippen LogP contribution is 2.17. The van der Waals surface area contributed by atoms with E-state index < -0.39 is 0 Å². The van der Waals surface area contributed by atoms with E-state index in [4.69, 9.17) is 16.3 Å². The van der Waals surface area contributed by atoms with Crippen molar-refractivity contribution in [1.82, 2.24) is 20.4 Å². The van der Waals surface area contributed by atoms with Crippen LogP contribution in [-0.2, 0) is 14.3 Å². The van der Waals surface area contributed by atoms with Crippen molar-refractivity contribution < 1.29 is 14.3 Å². The molecule has 0 bridgehead atoms. The molecular formula is C19H29ClN4O3. The van der Waals surface area contributed by atoms with Gasteiger partial charge in [0.1, 0.15) is 0 Å². The van der Waals surface area contributed by atoms with E-state index in [0.29, 0.717) is 31.3 Å². The fourth-order valence-electron chi connectivity index (χ4n) is 3.01. The van der Waals surface area contributed by atoms with E-state index >= 15 is 0 Å². The summed E-state index contributed by atoms with van der Waals surface area (Å²) in [5.74, 6) is 0.00169. The summed E-state index contributed by atoms with van der Waals surface area (Å²) in [7, 11) is 1.61. The highest BCUT2D eigenvalue weighted by molar-refractivity contribution is 6.30. The predicted octanol–water partition coefficient (Wildman–Crippen LogP) is 0.897. The molecule has 2 N–H and O–H groups in total. The number of hydrogen-bond acceptors (Lipinski definition) is 5. The molecule has 1 aromatic rings. The molecule has 1 aromatic carbocycles. The summed E-state index contributed by atoms with van der Waals surface area (Å²) in [5.41, 5.74) is 0.986. The van der Waals surface area contributed by atoms with Crippen LogP contribution >= 0.6 is 11.6 Å². The molecule has 1 aliphatic heterocycles. The SMILES string of the molecule is COCCNC(=O)CN1CCN(CC(=O)NC(C)c2cccc(Cl)c2)CC1. The maximum atomic E-state index is 12.3. The van der Waals surface area contributed by atoms with Crippen LogP contribution in [-0.4, -0.2) is 81.1 Å². The van der Waals surface area contributed by atoms with Gasteiger partial charge in [0.25, 0.3) is 0 Å². The van der Waals surface area contributed by atoms with Crippen LogP contribution < -0.4 is 10.6 Å². The number of benzene rings is 1. The molecule has 0 radical (unpaired) electrons. The summed E-state index contributed by atoms with van der Waals surface area (Å²) < 4.78 is 4.92. The third kappa shape index (κ3) is 7.84. The first-order chi connectivity index (χ1) is 13.0. The van der Waals surface area contributed by atoms with E-state index in [1.807, 2.05) is 31.2 Å². The number of halogens is 1. The summed E-state index contributed by atoms with van der Waals surface area (Å²) >= 11 is 6.01. The zero-order valence-corrected chi connectivity index (χ0v) is 16.8. The standard InChI is InChI=1S/C19H29ClN4O3/c1-15(16-4-3-5-17(20)12-16)22-19(26)14-24-9-7-23(8-10-24)13-18(25)21-6-11-27-2/h3-5,12,15H,6-11,13-14H2,1-2H3,(H,21,25)(H,22,26). The number of amides is 2. The molecule has 0 spiro atoms. The van der Waals surface area contributed by atoms with Gasteiger partial charge < -0.3 is 15.4 Å². The summed E-state index contributed by atoms with van der Waals surface area (Å²) in [6.07, 6.45) is 0. The summed E-state index contributed by atoms with van der Waals surface area (Å²) in [4.78, 5) is 28.4. The third-order valence-corrected chi connectivity index (χ3v) is 4.79. The van der Waals surface area contributed by atoms with Gasteiger partial charge in [-0.1, -0.05) is 23.7 Å². The van der Waals surface area contributed by atoms with E-state index in [9.17, 15) is 9.59 Å². The number of rotatable bonds is 9. The molecule has 2 rings (SSSR count). The molecule has 0 aromatic heterocycles. The van der Waals surface area contributed by atoms with Crippen LogP contribution in [0.1, 0.15) is 18.5 Å². The van der Waals surface area contributed by atoms with Gasteiger partial charge in [0.05, 0.1) is 25.7 Å². The van der Waals surface area contributed by atoms with Crippen LogP contribution in [0.3, 0.4) is 0 Å². The number of nitrogens with one attached hydrogen (secondary N) is 2. The maximum Gasteiger partial charge on any atom is 0.234 e. The first-order valence-electron chi connectivity index (χ1n) is 9.23. The Kier molecular flexibility index (Phi) is 9.00. The third-order valence-electron chi connectivity index (χ3n) is 4.55. The lowest BCUT2D eigenvalue weighted by molar-refractivity contribution is -0.125. The Balaban J connectivity index is 1.67. The lowest BCUT2D eigenvalue weighted by atomic mass is 10.1. The molecule has 1 heterocycles. The van der Waals surface area contributed by atoms with Crippen LogP contribution in [0, 0.1) is 0 Å². The van der Waals surface area contributed by atoms with Gasteiger partial charge in [-0.2, -0.15) is 0 Å². The van der Waals surface area contributed by atoms with Gasteiger partial charge in [0.2, 0.25) is 11.8 Å². The van der Waals surface area contributed by atoms with E-state index in [2.05, 4.69) is 20.4 Å². The van der Waals surface area contributed by atoms with Gasteiger partial charge in [0, 0.05) is 44.9 Å². The van der Waals surface area contributed by atoms with Crippen molar-refractivity contribution in [3.05, 3.63) is 34.9 Å². The Morgan fingerprint density at radius 1 is 1.15 bits per heavy atom. The van der Waals surface area contributed by atoms with Gasteiger partial charge >= 0.3 is 0 Å². The highest BCUT2D eigenvalue weighted by atomic mass is 35.5. The van der Waals surface area contributed by atoms with Crippen molar-refractivity contribution in [2.45, 2.75) is 13.0 Å². The zero-order valence-electron chi connectivity index (χ0n) is 16.0.